The zero-order valence-corrected chi connectivity index (χ0v) is 13.4. The lowest BCUT2D eigenvalue weighted by Gasteiger charge is -2.25. The molecule has 0 spiro atoms. The Hall–Kier alpha value is -1.56. The standard InChI is InChI=1S/C16H16ClNO3S/c17-14-5-3-6-15(9-14)22(19,20)18-10-12-8-13-4-1-2-7-16(13)21-11-12/h1-7,9,12,18H,8,10-11H2. The lowest BCUT2D eigenvalue weighted by molar-refractivity contribution is 0.223. The highest BCUT2D eigenvalue weighted by Crippen LogP contribution is 2.26. The van der Waals surface area contributed by atoms with Crippen LogP contribution in [0, 0.1) is 5.92 Å². The lowest BCUT2D eigenvalue weighted by Crippen LogP contribution is -2.34. The van der Waals surface area contributed by atoms with Gasteiger partial charge >= 0.3 is 0 Å². The van der Waals surface area contributed by atoms with Crippen molar-refractivity contribution >= 4 is 21.6 Å². The van der Waals surface area contributed by atoms with Crippen molar-refractivity contribution in [1.29, 1.82) is 0 Å². The molecule has 0 saturated heterocycles. The molecule has 1 N–H and O–H groups in total. The fraction of sp³-hybridized carbons (Fsp3) is 0.250. The van der Waals surface area contributed by atoms with E-state index < -0.39 is 10.0 Å². The summed E-state index contributed by atoms with van der Waals surface area (Å²) in [6.07, 6.45) is 0.800. The van der Waals surface area contributed by atoms with Gasteiger partial charge in [-0.15, -0.1) is 0 Å². The first-order valence-electron chi connectivity index (χ1n) is 7.00. The van der Waals surface area contributed by atoms with Gasteiger partial charge in [0.1, 0.15) is 5.75 Å². The fourth-order valence-corrected chi connectivity index (χ4v) is 3.88. The van der Waals surface area contributed by atoms with Gasteiger partial charge in [-0.1, -0.05) is 35.9 Å². The number of ether oxygens (including phenoxy) is 1. The Morgan fingerprint density at radius 3 is 2.82 bits per heavy atom. The monoisotopic (exact) mass is 337 g/mol. The van der Waals surface area contributed by atoms with Crippen LogP contribution in [0.4, 0.5) is 0 Å². The van der Waals surface area contributed by atoms with E-state index in [4.69, 9.17) is 16.3 Å². The van der Waals surface area contributed by atoms with Gasteiger partial charge in [0.2, 0.25) is 10.0 Å². The van der Waals surface area contributed by atoms with E-state index in [1.54, 1.807) is 12.1 Å². The Labute approximate surface area is 135 Å². The molecule has 2 aromatic rings. The van der Waals surface area contributed by atoms with Crippen LogP contribution in [0.2, 0.25) is 5.02 Å². The molecule has 0 saturated carbocycles. The number of fused-ring (bicyclic) bond motifs is 1. The molecule has 1 atom stereocenters. The Morgan fingerprint density at radius 1 is 1.18 bits per heavy atom. The molecule has 4 nitrogen and oxygen atoms in total. The zero-order chi connectivity index (χ0) is 15.6. The van der Waals surface area contributed by atoms with E-state index in [9.17, 15) is 8.42 Å². The van der Waals surface area contributed by atoms with Crippen molar-refractivity contribution in [2.45, 2.75) is 11.3 Å². The first kappa shape index (κ1) is 15.3. The molecule has 6 heteroatoms. The second-order valence-corrected chi connectivity index (χ2v) is 7.50. The Kier molecular flexibility index (Phi) is 4.38. The van der Waals surface area contributed by atoms with Gasteiger partial charge in [-0.3, -0.25) is 0 Å². The van der Waals surface area contributed by atoms with E-state index in [0.29, 0.717) is 18.2 Å². The number of hydrogen-bond donors (Lipinski definition) is 1. The summed E-state index contributed by atoms with van der Waals surface area (Å²) in [5.41, 5.74) is 1.11. The minimum absolute atomic E-state index is 0.115. The third-order valence-electron chi connectivity index (χ3n) is 3.62. The highest BCUT2D eigenvalue weighted by molar-refractivity contribution is 7.89. The Balaban J connectivity index is 1.66. The summed E-state index contributed by atoms with van der Waals surface area (Å²) in [6, 6.07) is 14.1. The molecule has 0 amide bonds. The molecule has 116 valence electrons. The predicted octanol–water partition coefficient (Wildman–Crippen LogP) is 2.87. The van der Waals surface area contributed by atoms with E-state index >= 15 is 0 Å². The molecule has 3 rings (SSSR count). The summed E-state index contributed by atoms with van der Waals surface area (Å²) in [7, 11) is -3.55. The molecule has 0 radical (unpaired) electrons. The van der Waals surface area contributed by atoms with Crippen LogP contribution in [0.1, 0.15) is 5.56 Å². The van der Waals surface area contributed by atoms with Crippen molar-refractivity contribution in [2.75, 3.05) is 13.2 Å². The van der Waals surface area contributed by atoms with Crippen LogP contribution in [0.25, 0.3) is 0 Å². The van der Waals surface area contributed by atoms with Crippen LogP contribution < -0.4 is 9.46 Å². The van der Waals surface area contributed by atoms with E-state index in [0.717, 1.165) is 17.7 Å². The maximum absolute atomic E-state index is 12.3. The smallest absolute Gasteiger partial charge is 0.240 e. The number of halogens is 1. The minimum Gasteiger partial charge on any atom is -0.493 e. The summed E-state index contributed by atoms with van der Waals surface area (Å²) in [5, 5.41) is 0.401. The molecular weight excluding hydrogens is 322 g/mol. The number of para-hydroxylation sites is 1. The molecule has 1 unspecified atom stereocenters. The van der Waals surface area contributed by atoms with Gasteiger partial charge in [-0.2, -0.15) is 0 Å². The number of rotatable bonds is 4. The number of nitrogens with one attached hydrogen (secondary N) is 1. The second kappa shape index (κ2) is 6.28. The summed E-state index contributed by atoms with van der Waals surface area (Å²) >= 11 is 5.84. The van der Waals surface area contributed by atoms with Crippen LogP contribution >= 0.6 is 11.6 Å². The lowest BCUT2D eigenvalue weighted by atomic mass is 9.97. The Morgan fingerprint density at radius 2 is 2.00 bits per heavy atom. The number of sulfonamides is 1. The van der Waals surface area contributed by atoms with E-state index in [1.807, 2.05) is 24.3 Å². The zero-order valence-electron chi connectivity index (χ0n) is 11.8. The topological polar surface area (TPSA) is 55.4 Å². The maximum atomic E-state index is 12.3. The average molecular weight is 338 g/mol. The van der Waals surface area contributed by atoms with Crippen LogP contribution in [0.5, 0.6) is 5.75 Å². The molecule has 2 aromatic carbocycles. The normalized spacial score (nSPS) is 17.6. The summed E-state index contributed by atoms with van der Waals surface area (Å²) in [4.78, 5) is 0.178. The molecule has 1 heterocycles. The van der Waals surface area contributed by atoms with Crippen LogP contribution in [0.3, 0.4) is 0 Å². The van der Waals surface area contributed by atoms with E-state index in [1.165, 1.54) is 12.1 Å². The quantitative estimate of drug-likeness (QED) is 0.933. The SMILES string of the molecule is O=S(=O)(NCC1COc2ccccc2C1)c1cccc(Cl)c1. The molecule has 1 aliphatic rings. The van der Waals surface area contributed by atoms with Crippen LogP contribution in [0.15, 0.2) is 53.4 Å². The molecule has 22 heavy (non-hydrogen) atoms. The second-order valence-electron chi connectivity index (χ2n) is 5.30. The van der Waals surface area contributed by atoms with Crippen molar-refractivity contribution in [3.05, 3.63) is 59.1 Å². The van der Waals surface area contributed by atoms with Gasteiger partial charge in [0, 0.05) is 17.5 Å². The largest absolute Gasteiger partial charge is 0.493 e. The van der Waals surface area contributed by atoms with Gasteiger partial charge in [0.25, 0.3) is 0 Å². The van der Waals surface area contributed by atoms with Gasteiger partial charge in [0.05, 0.1) is 11.5 Å². The summed E-state index contributed by atoms with van der Waals surface area (Å²) in [5.74, 6) is 1.00. The average Bonchev–Trinajstić information content (AvgIpc) is 2.53. The molecule has 0 fully saturated rings. The van der Waals surface area contributed by atoms with Gasteiger partial charge < -0.3 is 4.74 Å². The highest BCUT2D eigenvalue weighted by Gasteiger charge is 2.22. The summed E-state index contributed by atoms with van der Waals surface area (Å²) < 4.78 is 32.8. The van der Waals surface area contributed by atoms with Crippen molar-refractivity contribution in [2.24, 2.45) is 5.92 Å². The van der Waals surface area contributed by atoms with Crippen molar-refractivity contribution in [3.8, 4) is 5.75 Å². The first-order chi connectivity index (χ1) is 10.5. The van der Waals surface area contributed by atoms with E-state index in [2.05, 4.69) is 4.72 Å². The van der Waals surface area contributed by atoms with E-state index in [-0.39, 0.29) is 10.8 Å². The Bertz CT molecular complexity index is 776. The summed E-state index contributed by atoms with van der Waals surface area (Å²) in [6.45, 7) is 0.845. The molecule has 0 aromatic heterocycles. The van der Waals surface area contributed by atoms with Crippen LogP contribution in [-0.2, 0) is 16.4 Å². The van der Waals surface area contributed by atoms with Gasteiger partial charge in [-0.05, 0) is 36.2 Å². The predicted molar refractivity (Wildman–Crippen MR) is 85.8 cm³/mol. The minimum atomic E-state index is -3.55. The third-order valence-corrected chi connectivity index (χ3v) is 5.28. The van der Waals surface area contributed by atoms with Crippen LogP contribution in [-0.4, -0.2) is 21.6 Å². The molecule has 1 aliphatic heterocycles. The molecule has 0 bridgehead atoms. The number of benzene rings is 2. The molecule has 0 aliphatic carbocycles. The fourth-order valence-electron chi connectivity index (χ4n) is 2.47. The first-order valence-corrected chi connectivity index (χ1v) is 8.87. The number of hydrogen-bond acceptors (Lipinski definition) is 3. The van der Waals surface area contributed by atoms with Gasteiger partial charge in [0.15, 0.2) is 0 Å². The molecular formula is C16H16ClNO3S. The van der Waals surface area contributed by atoms with Crippen molar-refractivity contribution in [1.82, 2.24) is 4.72 Å². The van der Waals surface area contributed by atoms with Crippen molar-refractivity contribution in [3.63, 3.8) is 0 Å². The van der Waals surface area contributed by atoms with Crippen molar-refractivity contribution < 1.29 is 13.2 Å². The van der Waals surface area contributed by atoms with Gasteiger partial charge in [-0.25, -0.2) is 13.1 Å². The third kappa shape index (κ3) is 3.43. The highest BCUT2D eigenvalue weighted by atomic mass is 35.5. The maximum Gasteiger partial charge on any atom is 0.240 e.